The summed E-state index contributed by atoms with van der Waals surface area (Å²) in [7, 11) is 0. The molecule has 1 heterocycles. The number of unbranched alkanes of at least 4 members (excludes halogenated alkanes) is 1. The molecule has 0 bridgehead atoms. The SMILES string of the molecule is NC(O)CCC/C=C\C[C@@H]1[C@@H](/C=C/[C@@H](O)CCc2cc(Cl)sc2Cl)[C@H](O)C[C@@H]1O. The summed E-state index contributed by atoms with van der Waals surface area (Å²) >= 11 is 13.4. The number of allylic oxidation sites excluding steroid dienone is 2. The summed E-state index contributed by atoms with van der Waals surface area (Å²) in [6.07, 6.45) is 9.22. The summed E-state index contributed by atoms with van der Waals surface area (Å²) < 4.78 is 1.28. The van der Waals surface area contributed by atoms with Gasteiger partial charge >= 0.3 is 0 Å². The molecule has 1 aliphatic rings. The number of rotatable bonds is 11. The van der Waals surface area contributed by atoms with Crippen LogP contribution in [0.3, 0.4) is 0 Å². The van der Waals surface area contributed by atoms with E-state index < -0.39 is 24.5 Å². The summed E-state index contributed by atoms with van der Waals surface area (Å²) in [6.45, 7) is 0. The lowest BCUT2D eigenvalue weighted by atomic mass is 9.89. The Balaban J connectivity index is 1.83. The van der Waals surface area contributed by atoms with Gasteiger partial charge < -0.3 is 26.2 Å². The fourth-order valence-corrected chi connectivity index (χ4v) is 5.27. The first-order valence-electron chi connectivity index (χ1n) is 10.0. The molecule has 0 aliphatic heterocycles. The van der Waals surface area contributed by atoms with Crippen LogP contribution in [0.1, 0.15) is 44.1 Å². The van der Waals surface area contributed by atoms with Crippen LogP contribution in [0.25, 0.3) is 0 Å². The minimum atomic E-state index is -0.774. The molecule has 0 saturated heterocycles. The van der Waals surface area contributed by atoms with Crippen molar-refractivity contribution in [1.29, 1.82) is 0 Å². The molecule has 1 aromatic heterocycles. The number of aliphatic hydroxyl groups excluding tert-OH is 4. The number of thiophene rings is 1. The number of nitrogens with two attached hydrogens (primary N) is 1. The van der Waals surface area contributed by atoms with Crippen molar-refractivity contribution in [2.75, 3.05) is 0 Å². The molecule has 164 valence electrons. The number of hydrogen-bond acceptors (Lipinski definition) is 6. The zero-order valence-corrected chi connectivity index (χ0v) is 18.7. The molecule has 6 N–H and O–H groups in total. The molecule has 6 atom stereocenters. The first-order chi connectivity index (χ1) is 13.8. The van der Waals surface area contributed by atoms with Crippen LogP contribution in [0, 0.1) is 11.8 Å². The predicted octanol–water partition coefficient (Wildman–Crippen LogP) is 3.66. The van der Waals surface area contributed by atoms with Crippen molar-refractivity contribution in [2.24, 2.45) is 17.6 Å². The van der Waals surface area contributed by atoms with Crippen LogP contribution in [0.2, 0.25) is 8.67 Å². The van der Waals surface area contributed by atoms with E-state index in [1.54, 1.807) is 6.08 Å². The van der Waals surface area contributed by atoms with Crippen LogP contribution >= 0.6 is 34.5 Å². The van der Waals surface area contributed by atoms with Gasteiger partial charge in [0.25, 0.3) is 0 Å². The molecule has 1 saturated carbocycles. The molecule has 0 aromatic carbocycles. The quantitative estimate of drug-likeness (QED) is 0.195. The normalized spacial score (nSPS) is 27.3. The largest absolute Gasteiger partial charge is 0.393 e. The zero-order chi connectivity index (χ0) is 21.4. The lowest BCUT2D eigenvalue weighted by Crippen LogP contribution is -2.20. The van der Waals surface area contributed by atoms with E-state index >= 15 is 0 Å². The molecule has 8 heteroatoms. The Hall–Kier alpha value is -0.440. The van der Waals surface area contributed by atoms with Gasteiger partial charge in [0.1, 0.15) is 6.23 Å². The Kier molecular flexibility index (Phi) is 10.6. The van der Waals surface area contributed by atoms with Crippen LogP contribution in [0.5, 0.6) is 0 Å². The standard InChI is InChI=1S/C21H31Cl2NO4S/c22-19-11-13(21(23)29-19)7-8-14(25)9-10-16-15(17(26)12-18(16)27)5-3-1-2-4-6-20(24)28/h1,3,9-11,14-18,20,25-28H,2,4-8,12,24H2/b3-1-,10-9+/t14-,15+,16+,17-,18+,20?/m0/s1. The third-order valence-electron chi connectivity index (χ3n) is 5.35. The summed E-state index contributed by atoms with van der Waals surface area (Å²) in [5.41, 5.74) is 6.24. The Morgan fingerprint density at radius 2 is 1.93 bits per heavy atom. The van der Waals surface area contributed by atoms with Gasteiger partial charge in [-0.05, 0) is 56.1 Å². The Bertz CT molecular complexity index is 680. The second kappa shape index (κ2) is 12.4. The van der Waals surface area contributed by atoms with E-state index in [1.807, 2.05) is 24.3 Å². The molecule has 0 radical (unpaired) electrons. The molecular formula is C21H31Cl2NO4S. The molecule has 1 aliphatic carbocycles. The van der Waals surface area contributed by atoms with Crippen molar-refractivity contribution in [3.05, 3.63) is 44.6 Å². The average molecular weight is 464 g/mol. The van der Waals surface area contributed by atoms with E-state index in [2.05, 4.69) is 0 Å². The van der Waals surface area contributed by atoms with E-state index in [-0.39, 0.29) is 11.8 Å². The molecular weight excluding hydrogens is 433 g/mol. The maximum Gasteiger partial charge on any atom is 0.102 e. The Labute approximate surface area is 186 Å². The van der Waals surface area contributed by atoms with Crippen LogP contribution in [0.4, 0.5) is 0 Å². The Morgan fingerprint density at radius 3 is 2.59 bits per heavy atom. The maximum atomic E-state index is 10.3. The molecule has 2 rings (SSSR count). The van der Waals surface area contributed by atoms with Gasteiger partial charge in [-0.15, -0.1) is 11.3 Å². The van der Waals surface area contributed by atoms with Gasteiger partial charge in [0, 0.05) is 12.3 Å². The maximum absolute atomic E-state index is 10.3. The van der Waals surface area contributed by atoms with Gasteiger partial charge in [-0.3, -0.25) is 0 Å². The van der Waals surface area contributed by atoms with Crippen molar-refractivity contribution in [2.45, 2.75) is 69.5 Å². The molecule has 0 spiro atoms. The molecule has 29 heavy (non-hydrogen) atoms. The first kappa shape index (κ1) is 24.8. The van der Waals surface area contributed by atoms with Crippen molar-refractivity contribution < 1.29 is 20.4 Å². The summed E-state index contributed by atoms with van der Waals surface area (Å²) in [5, 5.41) is 39.9. The van der Waals surface area contributed by atoms with Gasteiger partial charge in [-0.1, -0.05) is 47.5 Å². The first-order valence-corrected chi connectivity index (χ1v) is 11.6. The number of aryl methyl sites for hydroxylation is 1. The second-order valence-electron chi connectivity index (χ2n) is 7.66. The topological polar surface area (TPSA) is 107 Å². The van der Waals surface area contributed by atoms with Gasteiger partial charge in [-0.25, -0.2) is 0 Å². The number of hydrogen-bond donors (Lipinski definition) is 5. The highest BCUT2D eigenvalue weighted by Crippen LogP contribution is 2.36. The third-order valence-corrected chi connectivity index (χ3v) is 6.92. The third kappa shape index (κ3) is 8.31. The average Bonchev–Trinajstić information content (AvgIpc) is 3.11. The summed E-state index contributed by atoms with van der Waals surface area (Å²) in [6, 6.07) is 1.82. The van der Waals surface area contributed by atoms with Crippen LogP contribution < -0.4 is 5.73 Å². The Morgan fingerprint density at radius 1 is 1.17 bits per heavy atom. The number of aliphatic hydroxyl groups is 4. The molecule has 1 unspecified atom stereocenters. The fraction of sp³-hybridized carbons (Fsp3) is 0.619. The van der Waals surface area contributed by atoms with Gasteiger partial charge in [-0.2, -0.15) is 0 Å². The van der Waals surface area contributed by atoms with Crippen molar-refractivity contribution in [3.63, 3.8) is 0 Å². The molecule has 1 aromatic rings. The summed E-state index contributed by atoms with van der Waals surface area (Å²) in [5.74, 6) is -0.288. The van der Waals surface area contributed by atoms with Crippen LogP contribution in [0.15, 0.2) is 30.4 Å². The van der Waals surface area contributed by atoms with Gasteiger partial charge in [0.15, 0.2) is 0 Å². The van der Waals surface area contributed by atoms with Crippen molar-refractivity contribution >= 4 is 34.5 Å². The molecule has 1 fully saturated rings. The van der Waals surface area contributed by atoms with E-state index in [4.69, 9.17) is 34.0 Å². The molecule has 5 nitrogen and oxygen atoms in total. The highest BCUT2D eigenvalue weighted by molar-refractivity contribution is 7.20. The van der Waals surface area contributed by atoms with Crippen LogP contribution in [-0.2, 0) is 6.42 Å². The van der Waals surface area contributed by atoms with Crippen molar-refractivity contribution in [3.8, 4) is 0 Å². The predicted molar refractivity (Wildman–Crippen MR) is 119 cm³/mol. The van der Waals surface area contributed by atoms with E-state index in [9.17, 15) is 15.3 Å². The minimum absolute atomic E-state index is 0.0880. The monoisotopic (exact) mass is 463 g/mol. The second-order valence-corrected chi connectivity index (χ2v) is 9.94. The van der Waals surface area contributed by atoms with E-state index in [0.29, 0.717) is 40.8 Å². The summed E-state index contributed by atoms with van der Waals surface area (Å²) in [4.78, 5) is 0. The van der Waals surface area contributed by atoms with Gasteiger partial charge in [0.05, 0.1) is 27.0 Å². The van der Waals surface area contributed by atoms with Gasteiger partial charge in [0.2, 0.25) is 0 Å². The van der Waals surface area contributed by atoms with Crippen LogP contribution in [-0.4, -0.2) is 45.0 Å². The lowest BCUT2D eigenvalue weighted by molar-refractivity contribution is 0.120. The highest BCUT2D eigenvalue weighted by atomic mass is 35.5. The highest BCUT2D eigenvalue weighted by Gasteiger charge is 2.39. The van der Waals surface area contributed by atoms with E-state index in [0.717, 1.165) is 18.4 Å². The minimum Gasteiger partial charge on any atom is -0.393 e. The fourth-order valence-electron chi connectivity index (χ4n) is 3.72. The smallest absolute Gasteiger partial charge is 0.102 e. The number of halogens is 2. The molecule has 0 amide bonds. The lowest BCUT2D eigenvalue weighted by Gasteiger charge is -2.19. The zero-order valence-electron chi connectivity index (χ0n) is 16.3. The van der Waals surface area contributed by atoms with Crippen molar-refractivity contribution in [1.82, 2.24) is 0 Å². The van der Waals surface area contributed by atoms with E-state index in [1.165, 1.54) is 11.3 Å².